The zero-order chi connectivity index (χ0) is 26.6. The van der Waals surface area contributed by atoms with Crippen LogP contribution in [0.1, 0.15) is 78.9 Å². The van der Waals surface area contributed by atoms with Crippen LogP contribution in [0.2, 0.25) is 0 Å². The first kappa shape index (κ1) is 27.9. The second-order valence-corrected chi connectivity index (χ2v) is 11.0. The van der Waals surface area contributed by atoms with Gasteiger partial charge in [0.1, 0.15) is 6.29 Å². The van der Waals surface area contributed by atoms with Crippen LogP contribution in [0.25, 0.3) is 5.57 Å². The monoisotopic (exact) mass is 490 g/mol. The van der Waals surface area contributed by atoms with E-state index in [-0.39, 0.29) is 16.6 Å². The van der Waals surface area contributed by atoms with Crippen molar-refractivity contribution >= 4 is 11.9 Å². The number of aliphatic hydroxyl groups is 1. The van der Waals surface area contributed by atoms with Crippen molar-refractivity contribution in [3.63, 3.8) is 0 Å². The van der Waals surface area contributed by atoms with Crippen LogP contribution in [0.15, 0.2) is 77.1 Å². The van der Waals surface area contributed by atoms with Gasteiger partial charge in [0.25, 0.3) is 0 Å². The zero-order valence-electron chi connectivity index (χ0n) is 23.0. The Bertz CT molecular complexity index is 1100. The number of aldehydes is 1. The molecule has 1 aromatic rings. The van der Waals surface area contributed by atoms with Gasteiger partial charge in [0.2, 0.25) is 5.79 Å². The first-order chi connectivity index (χ1) is 17.0. The molecule has 0 amide bonds. The van der Waals surface area contributed by atoms with E-state index < -0.39 is 5.79 Å². The molecule has 1 aliphatic heterocycles. The summed E-state index contributed by atoms with van der Waals surface area (Å²) in [6.07, 6.45) is 13.5. The van der Waals surface area contributed by atoms with Gasteiger partial charge in [-0.25, -0.2) is 0 Å². The summed E-state index contributed by atoms with van der Waals surface area (Å²) in [6.45, 7) is 16.3. The maximum Gasteiger partial charge on any atom is 0.218 e. The van der Waals surface area contributed by atoms with E-state index in [9.17, 15) is 9.90 Å². The second-order valence-electron chi connectivity index (χ2n) is 11.0. The normalized spacial score (nSPS) is 22.0. The smallest absolute Gasteiger partial charge is 0.218 e. The number of ether oxygens (including phenoxy) is 2. The summed E-state index contributed by atoms with van der Waals surface area (Å²) in [4.78, 5) is 10.7. The minimum atomic E-state index is -0.969. The number of benzene rings is 1. The van der Waals surface area contributed by atoms with E-state index in [1.54, 1.807) is 0 Å². The molecule has 0 unspecified atom stereocenters. The van der Waals surface area contributed by atoms with E-state index in [1.807, 2.05) is 31.2 Å². The lowest BCUT2D eigenvalue weighted by Gasteiger charge is -2.41. The van der Waals surface area contributed by atoms with Gasteiger partial charge in [0.15, 0.2) is 0 Å². The highest BCUT2D eigenvalue weighted by atomic mass is 16.7. The van der Waals surface area contributed by atoms with Gasteiger partial charge < -0.3 is 19.4 Å². The fraction of sp³-hybridized carbons (Fsp3) is 0.469. The van der Waals surface area contributed by atoms with Crippen molar-refractivity contribution in [1.82, 2.24) is 0 Å². The summed E-state index contributed by atoms with van der Waals surface area (Å²) in [7, 11) is 0. The quantitative estimate of drug-likeness (QED) is 0.228. The van der Waals surface area contributed by atoms with E-state index in [1.165, 1.54) is 11.1 Å². The van der Waals surface area contributed by atoms with Crippen molar-refractivity contribution in [3.05, 3.63) is 88.3 Å². The van der Waals surface area contributed by atoms with Crippen LogP contribution in [0.3, 0.4) is 0 Å². The molecule has 1 fully saturated rings. The van der Waals surface area contributed by atoms with Gasteiger partial charge in [-0.1, -0.05) is 82.3 Å². The summed E-state index contributed by atoms with van der Waals surface area (Å²) in [5, 5.41) is 10.3. The predicted molar refractivity (Wildman–Crippen MR) is 147 cm³/mol. The summed E-state index contributed by atoms with van der Waals surface area (Å²) < 4.78 is 12.8. The highest BCUT2D eigenvalue weighted by Gasteiger charge is 2.40. The van der Waals surface area contributed by atoms with Crippen LogP contribution < -0.4 is 0 Å². The van der Waals surface area contributed by atoms with E-state index in [0.29, 0.717) is 26.1 Å². The highest BCUT2D eigenvalue weighted by molar-refractivity contribution is 5.66. The molecule has 194 valence electrons. The lowest BCUT2D eigenvalue weighted by molar-refractivity contribution is -0.251. The van der Waals surface area contributed by atoms with E-state index in [4.69, 9.17) is 9.47 Å². The summed E-state index contributed by atoms with van der Waals surface area (Å²) in [6, 6.07) is 8.01. The van der Waals surface area contributed by atoms with Gasteiger partial charge in [0.05, 0.1) is 19.0 Å². The maximum atomic E-state index is 10.7. The molecule has 2 aliphatic rings. The molecule has 0 radical (unpaired) electrons. The standard InChI is InChI=1S/C32H42O4/c1-8-11-27-28(31(6,7)18-17-30(27,4)5)22-23(2)32(35-20-10-21-36-32)26-15-13-25(14-16-26)24(3)29(34)12-9-19-33/h8,11,13-19,22,34H,9-10,12,20-21H2,1-7H3/b11-8+,23-22+,29-24-. The van der Waals surface area contributed by atoms with Crippen LogP contribution in [0.5, 0.6) is 0 Å². The Hall–Kier alpha value is -2.69. The Morgan fingerprint density at radius 1 is 0.972 bits per heavy atom. The molecular formula is C32H42O4. The fourth-order valence-corrected chi connectivity index (χ4v) is 4.98. The van der Waals surface area contributed by atoms with Crippen LogP contribution >= 0.6 is 0 Å². The summed E-state index contributed by atoms with van der Waals surface area (Å²) in [5.74, 6) is -0.729. The maximum absolute atomic E-state index is 10.7. The van der Waals surface area contributed by atoms with Gasteiger partial charge in [-0.05, 0) is 55.0 Å². The molecule has 36 heavy (non-hydrogen) atoms. The lowest BCUT2D eigenvalue weighted by atomic mass is 9.67. The third kappa shape index (κ3) is 5.66. The predicted octanol–water partition coefficient (Wildman–Crippen LogP) is 7.99. The zero-order valence-corrected chi connectivity index (χ0v) is 23.0. The van der Waals surface area contributed by atoms with Gasteiger partial charge in [0, 0.05) is 29.2 Å². The van der Waals surface area contributed by atoms with Gasteiger partial charge >= 0.3 is 0 Å². The first-order valence-electron chi connectivity index (χ1n) is 13.0. The molecule has 4 heteroatoms. The molecule has 0 bridgehead atoms. The molecule has 0 atom stereocenters. The molecular weight excluding hydrogens is 448 g/mol. The fourth-order valence-electron chi connectivity index (χ4n) is 4.98. The minimum Gasteiger partial charge on any atom is -0.512 e. The minimum absolute atomic E-state index is 0.0764. The number of carbonyl (C=O) groups is 1. The molecule has 1 aliphatic carbocycles. The Morgan fingerprint density at radius 2 is 1.56 bits per heavy atom. The van der Waals surface area contributed by atoms with Crippen molar-refractivity contribution in [1.29, 1.82) is 0 Å². The SMILES string of the molecule is C/C=C/C1=C(/C=C(\C)C2(c3ccc(/C(C)=C(\O)CCC=O)cc3)OCCCO2)C(C)(C)C=CC1(C)C. The molecule has 1 heterocycles. The van der Waals surface area contributed by atoms with Crippen LogP contribution in [-0.4, -0.2) is 24.6 Å². The van der Waals surface area contributed by atoms with Crippen molar-refractivity contribution in [3.8, 4) is 0 Å². The lowest BCUT2D eigenvalue weighted by Crippen LogP contribution is -2.39. The van der Waals surface area contributed by atoms with Crippen molar-refractivity contribution in [2.24, 2.45) is 10.8 Å². The van der Waals surface area contributed by atoms with Crippen molar-refractivity contribution in [2.75, 3.05) is 13.2 Å². The molecule has 1 aromatic carbocycles. The Balaban J connectivity index is 2.09. The number of carbonyl (C=O) groups excluding carboxylic acids is 1. The van der Waals surface area contributed by atoms with E-state index >= 15 is 0 Å². The second kappa shape index (κ2) is 11.1. The third-order valence-corrected chi connectivity index (χ3v) is 7.34. The molecule has 3 rings (SSSR count). The topological polar surface area (TPSA) is 55.8 Å². The average molecular weight is 491 g/mol. The molecule has 1 N–H and O–H groups in total. The van der Waals surface area contributed by atoms with E-state index in [0.717, 1.165) is 35.0 Å². The molecule has 0 saturated carbocycles. The van der Waals surface area contributed by atoms with Crippen molar-refractivity contribution in [2.45, 2.75) is 73.5 Å². The van der Waals surface area contributed by atoms with Crippen LogP contribution in [-0.2, 0) is 20.1 Å². The Labute approximate surface area is 217 Å². The molecule has 1 saturated heterocycles. The molecule has 4 nitrogen and oxygen atoms in total. The number of aliphatic hydroxyl groups excluding tert-OH is 1. The summed E-state index contributed by atoms with van der Waals surface area (Å²) >= 11 is 0. The molecule has 0 spiro atoms. The summed E-state index contributed by atoms with van der Waals surface area (Å²) in [5.41, 5.74) is 5.97. The first-order valence-corrected chi connectivity index (χ1v) is 13.0. The Kier molecular flexibility index (Phi) is 8.63. The number of allylic oxidation sites excluding steroid dienone is 9. The van der Waals surface area contributed by atoms with Gasteiger partial charge in [-0.15, -0.1) is 0 Å². The molecule has 0 aromatic heterocycles. The Morgan fingerprint density at radius 3 is 2.11 bits per heavy atom. The van der Waals surface area contributed by atoms with Crippen molar-refractivity contribution < 1.29 is 19.4 Å². The van der Waals surface area contributed by atoms with Gasteiger partial charge in [-0.3, -0.25) is 0 Å². The van der Waals surface area contributed by atoms with E-state index in [2.05, 4.69) is 71.9 Å². The number of hydrogen-bond donors (Lipinski definition) is 1. The number of hydrogen-bond acceptors (Lipinski definition) is 4. The van der Waals surface area contributed by atoms with Crippen LogP contribution in [0.4, 0.5) is 0 Å². The third-order valence-electron chi connectivity index (χ3n) is 7.34. The van der Waals surface area contributed by atoms with Gasteiger partial charge in [-0.2, -0.15) is 0 Å². The highest BCUT2D eigenvalue weighted by Crippen LogP contribution is 2.47. The largest absolute Gasteiger partial charge is 0.512 e. The number of rotatable bonds is 8. The van der Waals surface area contributed by atoms with Crippen LogP contribution in [0, 0.1) is 10.8 Å². The average Bonchev–Trinajstić information content (AvgIpc) is 2.87.